The van der Waals surface area contributed by atoms with E-state index in [0.29, 0.717) is 25.9 Å². The van der Waals surface area contributed by atoms with Gasteiger partial charge in [-0.2, -0.15) is 0 Å². The van der Waals surface area contributed by atoms with Crippen LogP contribution in [0, 0.1) is 11.8 Å². The van der Waals surface area contributed by atoms with Crippen molar-refractivity contribution in [1.82, 2.24) is 10.2 Å². The molecule has 3 unspecified atom stereocenters. The number of rotatable bonds is 12. The summed E-state index contributed by atoms with van der Waals surface area (Å²) >= 11 is 5.37. The third kappa shape index (κ3) is 4.64. The molecular formula is C22H35BrN2O5S. The number of ether oxygens (including phenoxy) is 1. The lowest BCUT2D eigenvalue weighted by Gasteiger charge is -2.35. The Bertz CT molecular complexity index is 680. The highest BCUT2D eigenvalue weighted by atomic mass is 79.9. The molecule has 7 nitrogen and oxygen atoms in total. The molecule has 3 fully saturated rings. The molecule has 3 heterocycles. The molecule has 0 saturated carbocycles. The summed E-state index contributed by atoms with van der Waals surface area (Å²) in [6.07, 6.45) is 5.92. The first-order valence-corrected chi connectivity index (χ1v) is 13.4. The molecule has 0 aliphatic carbocycles. The number of likely N-dealkylation sites (tertiary alicyclic amines) is 1. The number of hydrogen-bond acceptors (Lipinski definition) is 6. The molecule has 3 aliphatic rings. The van der Waals surface area contributed by atoms with E-state index in [2.05, 4.69) is 28.2 Å². The zero-order valence-corrected chi connectivity index (χ0v) is 20.9. The van der Waals surface area contributed by atoms with Gasteiger partial charge in [-0.1, -0.05) is 35.7 Å². The summed E-state index contributed by atoms with van der Waals surface area (Å²) in [5.74, 6) is -1.56. The second kappa shape index (κ2) is 10.9. The van der Waals surface area contributed by atoms with E-state index in [4.69, 9.17) is 9.84 Å². The third-order valence-electron chi connectivity index (χ3n) is 6.73. The summed E-state index contributed by atoms with van der Waals surface area (Å²) in [4.78, 5) is 41.6. The Hall–Kier alpha value is -0.800. The van der Waals surface area contributed by atoms with Gasteiger partial charge >= 0.3 is 5.97 Å². The Balaban J connectivity index is 1.86. The third-order valence-corrected chi connectivity index (χ3v) is 9.95. The van der Waals surface area contributed by atoms with Gasteiger partial charge in [-0.05, 0) is 39.0 Å². The zero-order chi connectivity index (χ0) is 22.6. The molecular weight excluding hydrogens is 484 g/mol. The number of esters is 1. The smallest absolute Gasteiger partial charge is 0.310 e. The fraction of sp³-hybridized carbons (Fsp3) is 0.864. The van der Waals surface area contributed by atoms with Crippen molar-refractivity contribution in [3.8, 4) is 0 Å². The maximum absolute atomic E-state index is 13.6. The summed E-state index contributed by atoms with van der Waals surface area (Å²) in [5, 5.41) is 12.1. The van der Waals surface area contributed by atoms with Crippen LogP contribution in [0.5, 0.6) is 0 Å². The van der Waals surface area contributed by atoms with E-state index < -0.39 is 22.6 Å². The fourth-order valence-electron chi connectivity index (χ4n) is 5.43. The Morgan fingerprint density at radius 1 is 1.26 bits per heavy atom. The van der Waals surface area contributed by atoms with Crippen molar-refractivity contribution < 1.29 is 24.2 Å². The van der Waals surface area contributed by atoms with Crippen LogP contribution in [-0.2, 0) is 19.1 Å². The van der Waals surface area contributed by atoms with Crippen LogP contribution in [0.25, 0.3) is 0 Å². The van der Waals surface area contributed by atoms with E-state index in [0.717, 1.165) is 32.1 Å². The van der Waals surface area contributed by atoms with Crippen molar-refractivity contribution in [3.63, 3.8) is 0 Å². The lowest BCUT2D eigenvalue weighted by atomic mass is 9.71. The van der Waals surface area contributed by atoms with E-state index in [9.17, 15) is 14.4 Å². The van der Waals surface area contributed by atoms with E-state index >= 15 is 0 Å². The van der Waals surface area contributed by atoms with Gasteiger partial charge in [0.1, 0.15) is 6.04 Å². The second-order valence-electron chi connectivity index (χ2n) is 8.73. The van der Waals surface area contributed by atoms with E-state index in [1.165, 1.54) is 0 Å². The lowest BCUT2D eigenvalue weighted by Crippen LogP contribution is -2.54. The maximum atomic E-state index is 13.6. The highest BCUT2D eigenvalue weighted by Gasteiger charge is 2.75. The average molecular weight is 520 g/mol. The minimum absolute atomic E-state index is 0.0556. The van der Waals surface area contributed by atoms with Gasteiger partial charge < -0.3 is 20.1 Å². The number of aliphatic hydroxyl groups excluding tert-OH is 1. The molecule has 31 heavy (non-hydrogen) atoms. The number of carbonyl (C=O) groups is 3. The minimum atomic E-state index is -0.598. The molecule has 6 atom stereocenters. The largest absolute Gasteiger partial charge is 0.466 e. The second-order valence-corrected chi connectivity index (χ2v) is 11.4. The zero-order valence-electron chi connectivity index (χ0n) is 18.5. The molecule has 176 valence electrons. The number of hydrogen-bond donors (Lipinski definition) is 2. The van der Waals surface area contributed by atoms with Crippen LogP contribution >= 0.6 is 27.7 Å². The predicted molar refractivity (Wildman–Crippen MR) is 124 cm³/mol. The van der Waals surface area contributed by atoms with Crippen molar-refractivity contribution in [2.24, 2.45) is 11.8 Å². The van der Waals surface area contributed by atoms with Gasteiger partial charge in [0.05, 0.1) is 23.2 Å². The Labute approximate surface area is 197 Å². The first-order valence-electron chi connectivity index (χ1n) is 11.6. The summed E-state index contributed by atoms with van der Waals surface area (Å²) in [5.41, 5.74) is 0. The number of nitrogens with zero attached hydrogens (tertiary/aromatic N) is 1. The number of nitrogens with one attached hydrogen (secondary N) is 1. The van der Waals surface area contributed by atoms with Crippen molar-refractivity contribution in [2.75, 3.05) is 26.3 Å². The maximum Gasteiger partial charge on any atom is 0.310 e. The highest BCUT2D eigenvalue weighted by molar-refractivity contribution is 9.09. The van der Waals surface area contributed by atoms with Crippen LogP contribution in [0.2, 0.25) is 0 Å². The van der Waals surface area contributed by atoms with Crippen LogP contribution in [0.4, 0.5) is 0 Å². The monoisotopic (exact) mass is 518 g/mol. The van der Waals surface area contributed by atoms with Gasteiger partial charge in [-0.15, -0.1) is 11.8 Å². The van der Waals surface area contributed by atoms with Crippen LogP contribution in [0.1, 0.15) is 58.8 Å². The number of amides is 2. The van der Waals surface area contributed by atoms with Gasteiger partial charge in [-0.25, -0.2) is 0 Å². The van der Waals surface area contributed by atoms with Gasteiger partial charge in [0.2, 0.25) is 11.8 Å². The summed E-state index contributed by atoms with van der Waals surface area (Å²) < 4.78 is 4.75. The molecule has 3 saturated heterocycles. The first-order chi connectivity index (χ1) is 14.9. The van der Waals surface area contributed by atoms with E-state index in [1.807, 2.05) is 0 Å². The lowest BCUT2D eigenvalue weighted by molar-refractivity contribution is -0.153. The number of unbranched alkanes of at least 4 members (excludes halogenated alkanes) is 4. The molecule has 0 aromatic rings. The number of fused-ring (bicyclic) bond motifs is 1. The van der Waals surface area contributed by atoms with Gasteiger partial charge in [0, 0.05) is 29.8 Å². The van der Waals surface area contributed by atoms with Crippen LogP contribution in [-0.4, -0.2) is 75.0 Å². The predicted octanol–water partition coefficient (Wildman–Crippen LogP) is 2.48. The van der Waals surface area contributed by atoms with Crippen LogP contribution in [0.3, 0.4) is 0 Å². The van der Waals surface area contributed by atoms with Gasteiger partial charge in [0.25, 0.3) is 0 Å². The topological polar surface area (TPSA) is 95.9 Å². The molecule has 3 aliphatic heterocycles. The van der Waals surface area contributed by atoms with Crippen molar-refractivity contribution in [1.29, 1.82) is 0 Å². The van der Waals surface area contributed by atoms with E-state index in [-0.39, 0.29) is 41.1 Å². The normalized spacial score (nSPS) is 33.6. The number of halogens is 1. The van der Waals surface area contributed by atoms with E-state index in [1.54, 1.807) is 23.6 Å². The standard InChI is InChI=1S/C22H35BrN2O5S/c1-3-5-7-10-24-19(27)18-22-13-14(23)17(31-22)15(21(29)30-4-2)16(22)20(28)25(18)11-8-6-9-12-26/h14-18,26H,3-13H2,1-2H3,(H,24,27)/t14?,15-,16+,17-,18?,22?/m1/s1. The molecule has 9 heteroatoms. The summed E-state index contributed by atoms with van der Waals surface area (Å²) in [7, 11) is 0. The summed E-state index contributed by atoms with van der Waals surface area (Å²) in [6.45, 7) is 5.36. The Morgan fingerprint density at radius 3 is 2.71 bits per heavy atom. The van der Waals surface area contributed by atoms with Crippen molar-refractivity contribution in [3.05, 3.63) is 0 Å². The fourth-order valence-corrected chi connectivity index (χ4v) is 9.03. The van der Waals surface area contributed by atoms with Gasteiger partial charge in [0.15, 0.2) is 0 Å². The quantitative estimate of drug-likeness (QED) is 0.234. The van der Waals surface area contributed by atoms with Crippen molar-refractivity contribution in [2.45, 2.75) is 79.7 Å². The molecule has 3 rings (SSSR count). The first kappa shape index (κ1) is 24.8. The Morgan fingerprint density at radius 2 is 2.03 bits per heavy atom. The molecule has 0 radical (unpaired) electrons. The average Bonchev–Trinajstić information content (AvgIpc) is 3.32. The number of alkyl halides is 1. The molecule has 2 N–H and O–H groups in total. The molecule has 1 spiro atoms. The summed E-state index contributed by atoms with van der Waals surface area (Å²) in [6, 6.07) is -0.574. The number of aliphatic hydroxyl groups is 1. The van der Waals surface area contributed by atoms with Crippen molar-refractivity contribution >= 4 is 45.5 Å². The highest BCUT2D eigenvalue weighted by Crippen LogP contribution is 2.67. The Kier molecular flexibility index (Phi) is 8.72. The SMILES string of the molecule is CCCCCNC(=O)C1N(CCCCCO)C(=O)[C@@H]2[C@@H](C(=O)OCC)[C@@H]3SC12CC3Br. The number of carbonyl (C=O) groups excluding carboxylic acids is 3. The van der Waals surface area contributed by atoms with Gasteiger partial charge in [-0.3, -0.25) is 14.4 Å². The molecule has 0 aromatic carbocycles. The van der Waals surface area contributed by atoms with Crippen LogP contribution < -0.4 is 5.32 Å². The number of thioether (sulfide) groups is 1. The minimum Gasteiger partial charge on any atom is -0.466 e. The molecule has 0 aromatic heterocycles. The molecule has 2 bridgehead atoms. The van der Waals surface area contributed by atoms with Crippen LogP contribution in [0.15, 0.2) is 0 Å². The molecule has 2 amide bonds.